The van der Waals surface area contributed by atoms with Gasteiger partial charge in [-0.3, -0.25) is 5.43 Å². The van der Waals surface area contributed by atoms with E-state index in [0.717, 1.165) is 5.56 Å². The van der Waals surface area contributed by atoms with Crippen LogP contribution in [0.15, 0.2) is 47.6 Å². The molecule has 0 saturated carbocycles. The largest absolute Gasteiger partial charge is 0.507 e. The maximum Gasteiger partial charge on any atom is 0.335 e. The van der Waals surface area contributed by atoms with Crippen LogP contribution in [-0.2, 0) is 0 Å². The fourth-order valence-corrected chi connectivity index (χ4v) is 1.87. The minimum Gasteiger partial charge on any atom is -0.507 e. The van der Waals surface area contributed by atoms with E-state index in [1.165, 1.54) is 12.1 Å². The molecular weight excluding hydrogens is 268 g/mol. The summed E-state index contributed by atoms with van der Waals surface area (Å²) in [7, 11) is 0. The van der Waals surface area contributed by atoms with Crippen LogP contribution in [0.25, 0.3) is 0 Å². The van der Waals surface area contributed by atoms with Crippen molar-refractivity contribution in [2.75, 3.05) is 5.43 Å². The van der Waals surface area contributed by atoms with Crippen molar-refractivity contribution >= 4 is 17.4 Å². The van der Waals surface area contributed by atoms with Crippen molar-refractivity contribution in [2.24, 2.45) is 5.10 Å². The van der Waals surface area contributed by atoms with E-state index in [-0.39, 0.29) is 11.3 Å². The van der Waals surface area contributed by atoms with Gasteiger partial charge in [-0.05, 0) is 44.2 Å². The molecule has 0 radical (unpaired) electrons. The fourth-order valence-electron chi connectivity index (χ4n) is 1.87. The summed E-state index contributed by atoms with van der Waals surface area (Å²) in [6, 6.07) is 11.6. The number of aryl methyl sites for hydroxylation is 1. The first-order chi connectivity index (χ1) is 9.97. The molecule has 2 aromatic carbocycles. The molecule has 5 heteroatoms. The lowest BCUT2D eigenvalue weighted by Crippen LogP contribution is -2.02. The molecule has 0 heterocycles. The molecule has 0 aliphatic heterocycles. The van der Waals surface area contributed by atoms with E-state index in [2.05, 4.69) is 10.5 Å². The van der Waals surface area contributed by atoms with Crippen LogP contribution in [0.4, 0.5) is 5.69 Å². The molecule has 0 unspecified atom stereocenters. The highest BCUT2D eigenvalue weighted by Gasteiger charge is 2.06. The number of hydrazone groups is 1. The average Bonchev–Trinajstić information content (AvgIpc) is 2.47. The van der Waals surface area contributed by atoms with Gasteiger partial charge >= 0.3 is 5.97 Å². The third-order valence-corrected chi connectivity index (χ3v) is 3.00. The summed E-state index contributed by atoms with van der Waals surface area (Å²) in [5.74, 6) is -0.835. The third kappa shape index (κ3) is 3.60. The maximum atomic E-state index is 10.9. The number of nitrogens with zero attached hydrogens (tertiary/aromatic N) is 1. The summed E-state index contributed by atoms with van der Waals surface area (Å²) in [5, 5.41) is 22.9. The Morgan fingerprint density at radius 1 is 1.19 bits per heavy atom. The summed E-state index contributed by atoms with van der Waals surface area (Å²) in [6.45, 7) is 3.70. The van der Waals surface area contributed by atoms with E-state index in [0.29, 0.717) is 17.0 Å². The molecule has 0 aromatic heterocycles. The van der Waals surface area contributed by atoms with Crippen molar-refractivity contribution in [2.45, 2.75) is 13.8 Å². The van der Waals surface area contributed by atoms with E-state index < -0.39 is 5.97 Å². The Kier molecular flexibility index (Phi) is 4.23. The molecule has 2 rings (SSSR count). The number of anilines is 1. The number of rotatable bonds is 4. The second-order valence-corrected chi connectivity index (χ2v) is 4.72. The zero-order valence-electron chi connectivity index (χ0n) is 11.8. The Morgan fingerprint density at radius 2 is 1.95 bits per heavy atom. The van der Waals surface area contributed by atoms with E-state index in [9.17, 15) is 9.90 Å². The molecule has 0 spiro atoms. The Hall–Kier alpha value is -2.82. The molecule has 2 aromatic rings. The summed E-state index contributed by atoms with van der Waals surface area (Å²) >= 11 is 0. The minimum atomic E-state index is -0.990. The maximum absolute atomic E-state index is 10.9. The van der Waals surface area contributed by atoms with Crippen molar-refractivity contribution in [1.29, 1.82) is 0 Å². The number of hydrogen-bond donors (Lipinski definition) is 3. The lowest BCUT2D eigenvalue weighted by Gasteiger charge is -2.07. The van der Waals surface area contributed by atoms with Gasteiger partial charge in [0.2, 0.25) is 0 Å². The molecular formula is C16H16N2O3. The highest BCUT2D eigenvalue weighted by molar-refractivity contribution is 6.01. The monoisotopic (exact) mass is 284 g/mol. The highest BCUT2D eigenvalue weighted by Crippen LogP contribution is 2.19. The zero-order chi connectivity index (χ0) is 15.4. The van der Waals surface area contributed by atoms with Gasteiger partial charge in [0, 0.05) is 5.56 Å². The van der Waals surface area contributed by atoms with Gasteiger partial charge in [0.25, 0.3) is 0 Å². The first-order valence-corrected chi connectivity index (χ1v) is 6.41. The SMILES string of the molecule is C/C(=N\Nc1cccc(C(=O)O)c1)c1cc(C)ccc1O. The van der Waals surface area contributed by atoms with Crippen molar-refractivity contribution in [3.05, 3.63) is 59.2 Å². The Balaban J connectivity index is 2.22. The van der Waals surface area contributed by atoms with Gasteiger partial charge in [0.05, 0.1) is 17.0 Å². The van der Waals surface area contributed by atoms with Crippen molar-refractivity contribution in [3.63, 3.8) is 0 Å². The van der Waals surface area contributed by atoms with Gasteiger partial charge in [0.15, 0.2) is 0 Å². The van der Waals surface area contributed by atoms with Crippen molar-refractivity contribution in [3.8, 4) is 5.75 Å². The molecule has 108 valence electrons. The number of carboxylic acids is 1. The quantitative estimate of drug-likeness (QED) is 0.594. The van der Waals surface area contributed by atoms with Crippen molar-refractivity contribution in [1.82, 2.24) is 0 Å². The first kappa shape index (κ1) is 14.6. The van der Waals surface area contributed by atoms with Gasteiger partial charge in [0.1, 0.15) is 5.75 Å². The van der Waals surface area contributed by atoms with Crippen molar-refractivity contribution < 1.29 is 15.0 Å². The van der Waals surface area contributed by atoms with E-state index in [1.54, 1.807) is 25.1 Å². The zero-order valence-corrected chi connectivity index (χ0v) is 11.8. The molecule has 21 heavy (non-hydrogen) atoms. The number of aromatic hydroxyl groups is 1. The molecule has 0 aliphatic carbocycles. The van der Waals surface area contributed by atoms with Crippen LogP contribution in [0.3, 0.4) is 0 Å². The molecule has 0 aliphatic rings. The second-order valence-electron chi connectivity index (χ2n) is 4.72. The predicted molar refractivity (Wildman–Crippen MR) is 82.1 cm³/mol. The second kappa shape index (κ2) is 6.09. The number of hydrogen-bond acceptors (Lipinski definition) is 4. The molecule has 0 bridgehead atoms. The molecule has 0 fully saturated rings. The van der Waals surface area contributed by atoms with E-state index in [1.807, 2.05) is 19.1 Å². The number of benzene rings is 2. The first-order valence-electron chi connectivity index (χ1n) is 6.41. The van der Waals surface area contributed by atoms with Crippen LogP contribution >= 0.6 is 0 Å². The summed E-state index contributed by atoms with van der Waals surface area (Å²) < 4.78 is 0. The van der Waals surface area contributed by atoms with Gasteiger partial charge in [-0.25, -0.2) is 4.79 Å². The lowest BCUT2D eigenvalue weighted by atomic mass is 10.1. The Bertz CT molecular complexity index is 708. The average molecular weight is 284 g/mol. The standard InChI is InChI=1S/C16H16N2O3/c1-10-6-7-15(19)14(8-10)11(2)17-18-13-5-3-4-12(9-13)16(20)21/h3-9,18-19H,1-2H3,(H,20,21)/b17-11+. The predicted octanol–water partition coefficient (Wildman–Crippen LogP) is 3.23. The van der Waals surface area contributed by atoms with Gasteiger partial charge < -0.3 is 10.2 Å². The highest BCUT2D eigenvalue weighted by atomic mass is 16.4. The van der Waals surface area contributed by atoms with E-state index >= 15 is 0 Å². The topological polar surface area (TPSA) is 81.9 Å². The summed E-state index contributed by atoms with van der Waals surface area (Å²) in [6.07, 6.45) is 0. The Labute approximate surface area is 122 Å². The fraction of sp³-hybridized carbons (Fsp3) is 0.125. The molecule has 0 saturated heterocycles. The Morgan fingerprint density at radius 3 is 2.67 bits per heavy atom. The minimum absolute atomic E-state index is 0.155. The number of carbonyl (C=O) groups is 1. The molecule has 3 N–H and O–H groups in total. The molecule has 0 atom stereocenters. The molecule has 5 nitrogen and oxygen atoms in total. The number of carboxylic acid groups (broad SMARTS) is 1. The number of phenols is 1. The normalized spacial score (nSPS) is 11.2. The molecule has 0 amide bonds. The van der Waals surface area contributed by atoms with Gasteiger partial charge in [-0.1, -0.05) is 17.7 Å². The van der Waals surface area contributed by atoms with Crippen LogP contribution in [0.5, 0.6) is 5.75 Å². The number of aromatic carboxylic acids is 1. The van der Waals surface area contributed by atoms with Crippen LogP contribution in [0, 0.1) is 6.92 Å². The number of nitrogens with one attached hydrogen (secondary N) is 1. The van der Waals surface area contributed by atoms with Gasteiger partial charge in [-0.15, -0.1) is 0 Å². The van der Waals surface area contributed by atoms with Crippen LogP contribution < -0.4 is 5.43 Å². The number of phenolic OH excluding ortho intramolecular Hbond substituents is 1. The van der Waals surface area contributed by atoms with Crippen LogP contribution in [0.2, 0.25) is 0 Å². The smallest absolute Gasteiger partial charge is 0.335 e. The summed E-state index contributed by atoms with van der Waals surface area (Å²) in [4.78, 5) is 10.9. The third-order valence-electron chi connectivity index (χ3n) is 3.00. The summed E-state index contributed by atoms with van der Waals surface area (Å²) in [5.41, 5.74) is 5.82. The van der Waals surface area contributed by atoms with Crippen LogP contribution in [0.1, 0.15) is 28.4 Å². The lowest BCUT2D eigenvalue weighted by molar-refractivity contribution is 0.0697. The van der Waals surface area contributed by atoms with Gasteiger partial charge in [-0.2, -0.15) is 5.10 Å². The van der Waals surface area contributed by atoms with Crippen LogP contribution in [-0.4, -0.2) is 21.9 Å². The van der Waals surface area contributed by atoms with E-state index in [4.69, 9.17) is 5.11 Å².